The fourth-order valence-corrected chi connectivity index (χ4v) is 5.74. The number of carbonyl (C=O) groups is 3. The van der Waals surface area contributed by atoms with E-state index in [0.29, 0.717) is 18.1 Å². The predicted molar refractivity (Wildman–Crippen MR) is 194 cm³/mol. The van der Waals surface area contributed by atoms with Crippen LogP contribution in [0.25, 0.3) is 21.5 Å². The lowest BCUT2D eigenvalue weighted by atomic mass is 9.98. The number of hydrogen-bond acceptors (Lipinski definition) is 7. The van der Waals surface area contributed by atoms with Crippen LogP contribution in [0.15, 0.2) is 102 Å². The highest BCUT2D eigenvalue weighted by atomic mass is 16.6. The molecule has 50 heavy (non-hydrogen) atoms. The average molecular weight is 676 g/mol. The Balaban J connectivity index is 1.42. The van der Waals surface area contributed by atoms with E-state index in [1.165, 1.54) is 6.08 Å². The van der Waals surface area contributed by atoms with Crippen molar-refractivity contribution in [3.8, 4) is 0 Å². The fourth-order valence-electron chi connectivity index (χ4n) is 5.74. The molecule has 0 aliphatic heterocycles. The minimum Gasteiger partial charge on any atom is -0.444 e. The van der Waals surface area contributed by atoms with Gasteiger partial charge in [0, 0.05) is 26.0 Å². The van der Waals surface area contributed by atoms with Crippen LogP contribution in [-0.2, 0) is 27.2 Å². The highest BCUT2D eigenvalue weighted by Crippen LogP contribution is 2.27. The third kappa shape index (κ3) is 9.56. The van der Waals surface area contributed by atoms with Crippen LogP contribution in [0.5, 0.6) is 0 Å². The Bertz CT molecular complexity index is 2030. The van der Waals surface area contributed by atoms with E-state index in [9.17, 15) is 14.4 Å². The molecule has 3 amide bonds. The normalized spacial score (nSPS) is 13.3. The minimum absolute atomic E-state index is 0.235. The van der Waals surface area contributed by atoms with Gasteiger partial charge >= 0.3 is 6.09 Å². The first-order valence-electron chi connectivity index (χ1n) is 16.7. The molecule has 0 bridgehead atoms. The van der Waals surface area contributed by atoms with Crippen molar-refractivity contribution in [2.75, 3.05) is 7.05 Å². The van der Waals surface area contributed by atoms with Gasteiger partial charge in [0.05, 0.1) is 5.54 Å². The Morgan fingerprint density at radius 3 is 1.94 bits per heavy atom. The third-order valence-corrected chi connectivity index (χ3v) is 8.23. The van der Waals surface area contributed by atoms with Gasteiger partial charge in [-0.25, -0.2) is 4.79 Å². The molecule has 10 heteroatoms. The molecule has 1 aromatic heterocycles. The molecule has 0 saturated carbocycles. The smallest absolute Gasteiger partial charge is 0.408 e. The van der Waals surface area contributed by atoms with Gasteiger partial charge in [-0.3, -0.25) is 9.59 Å². The summed E-state index contributed by atoms with van der Waals surface area (Å²) in [5.74, 6) is -0.0562. The first-order valence-corrected chi connectivity index (χ1v) is 16.7. The average Bonchev–Trinajstić information content (AvgIpc) is 3.49. The molecule has 2 N–H and O–H groups in total. The van der Waals surface area contributed by atoms with Crippen LogP contribution in [0.2, 0.25) is 0 Å². The van der Waals surface area contributed by atoms with Crippen molar-refractivity contribution in [2.24, 2.45) is 0 Å². The quantitative estimate of drug-likeness (QED) is 0.144. The van der Waals surface area contributed by atoms with Crippen molar-refractivity contribution >= 4 is 39.5 Å². The Morgan fingerprint density at radius 1 is 0.840 bits per heavy atom. The van der Waals surface area contributed by atoms with Gasteiger partial charge < -0.3 is 24.8 Å². The number of aryl methyl sites for hydroxylation is 1. The number of carbonyl (C=O) groups excluding carboxylic acids is 3. The zero-order valence-corrected chi connectivity index (χ0v) is 29.7. The highest BCUT2D eigenvalue weighted by Gasteiger charge is 2.33. The van der Waals surface area contributed by atoms with Gasteiger partial charge in [-0.2, -0.15) is 4.98 Å². The maximum atomic E-state index is 14.5. The topological polar surface area (TPSA) is 127 Å². The van der Waals surface area contributed by atoms with Gasteiger partial charge in [-0.05, 0) is 74.2 Å². The van der Waals surface area contributed by atoms with Crippen LogP contribution >= 0.6 is 0 Å². The zero-order chi connectivity index (χ0) is 36.1. The Labute approximate surface area is 292 Å². The number of benzene rings is 4. The monoisotopic (exact) mass is 675 g/mol. The number of alkyl carbamates (subject to hydrolysis) is 1. The maximum absolute atomic E-state index is 14.5. The summed E-state index contributed by atoms with van der Waals surface area (Å²) in [4.78, 5) is 46.4. The molecule has 5 aromatic rings. The second kappa shape index (κ2) is 14.9. The first-order chi connectivity index (χ1) is 23.7. The van der Waals surface area contributed by atoms with Gasteiger partial charge in [-0.1, -0.05) is 96.2 Å². The molecule has 1 heterocycles. The van der Waals surface area contributed by atoms with E-state index in [2.05, 4.69) is 39.0 Å². The number of ether oxygens (including phenoxy) is 1. The van der Waals surface area contributed by atoms with Crippen LogP contribution in [0.4, 0.5) is 4.79 Å². The summed E-state index contributed by atoms with van der Waals surface area (Å²) in [6.07, 6.45) is 2.94. The summed E-state index contributed by atoms with van der Waals surface area (Å²) in [5, 5.41) is 14.0. The van der Waals surface area contributed by atoms with E-state index in [1.54, 1.807) is 59.6 Å². The molecule has 0 spiro atoms. The molecule has 0 saturated heterocycles. The molecule has 5 rings (SSSR count). The second-order valence-electron chi connectivity index (χ2n) is 14.2. The molecule has 1 unspecified atom stereocenters. The standard InChI is InChI=1S/C40H45N5O5/c1-26-41-36(50-44-26)34(25-28-17-19-30-13-9-11-15-32(30)23-28)45(7)37(47)33(24-27-16-18-29-12-8-10-14-31(29)22-27)42-35(46)20-21-40(5,6)43-38(48)49-39(2,3)4/h8-23,33-34H,24-25H2,1-7H3,(H,42,46)(H,43,48)/t33?,34-/m1/s1. The largest absolute Gasteiger partial charge is 0.444 e. The summed E-state index contributed by atoms with van der Waals surface area (Å²) < 4.78 is 11.0. The molecule has 0 aliphatic carbocycles. The lowest BCUT2D eigenvalue weighted by Crippen LogP contribution is -2.49. The molecule has 10 nitrogen and oxygen atoms in total. The number of amides is 3. The third-order valence-electron chi connectivity index (χ3n) is 8.23. The number of nitrogens with zero attached hydrogens (tertiary/aromatic N) is 3. The van der Waals surface area contributed by atoms with Crippen molar-refractivity contribution in [3.63, 3.8) is 0 Å². The lowest BCUT2D eigenvalue weighted by Gasteiger charge is -2.30. The highest BCUT2D eigenvalue weighted by molar-refractivity contribution is 5.93. The maximum Gasteiger partial charge on any atom is 0.408 e. The molecular formula is C40H45N5O5. The van der Waals surface area contributed by atoms with Crippen LogP contribution in [0, 0.1) is 6.92 Å². The van der Waals surface area contributed by atoms with E-state index in [1.807, 2.05) is 66.7 Å². The SMILES string of the molecule is Cc1noc([C@@H](Cc2ccc3ccccc3c2)N(C)C(=O)C(Cc2ccc3ccccc3c2)NC(=O)C=CC(C)(C)NC(=O)OC(C)(C)C)n1. The Morgan fingerprint density at radius 2 is 1.40 bits per heavy atom. The number of likely N-dealkylation sites (N-methyl/N-ethyl adjacent to an activating group) is 1. The first kappa shape index (κ1) is 35.8. The fraction of sp³-hybridized carbons (Fsp3) is 0.325. The molecule has 0 fully saturated rings. The number of hydrogen-bond donors (Lipinski definition) is 2. The Kier molecular flexibility index (Phi) is 10.7. The summed E-state index contributed by atoms with van der Waals surface area (Å²) in [7, 11) is 1.69. The molecular weight excluding hydrogens is 630 g/mol. The number of rotatable bonds is 11. The van der Waals surface area contributed by atoms with Gasteiger partial charge in [-0.15, -0.1) is 0 Å². The molecule has 0 radical (unpaired) electrons. The van der Waals surface area contributed by atoms with Gasteiger partial charge in [0.1, 0.15) is 17.7 Å². The van der Waals surface area contributed by atoms with E-state index < -0.39 is 35.2 Å². The molecule has 2 atom stereocenters. The van der Waals surface area contributed by atoms with Gasteiger partial charge in [0.2, 0.25) is 17.7 Å². The number of fused-ring (bicyclic) bond motifs is 2. The van der Waals surface area contributed by atoms with Gasteiger partial charge in [0.15, 0.2) is 5.82 Å². The summed E-state index contributed by atoms with van der Waals surface area (Å²) >= 11 is 0. The summed E-state index contributed by atoms with van der Waals surface area (Å²) in [6.45, 7) is 10.6. The van der Waals surface area contributed by atoms with E-state index >= 15 is 0 Å². The van der Waals surface area contributed by atoms with Crippen LogP contribution < -0.4 is 10.6 Å². The molecule has 260 valence electrons. The number of aromatic nitrogens is 2. The van der Waals surface area contributed by atoms with Crippen molar-refractivity contribution in [2.45, 2.75) is 77.6 Å². The predicted octanol–water partition coefficient (Wildman–Crippen LogP) is 7.01. The zero-order valence-electron chi connectivity index (χ0n) is 29.7. The number of nitrogens with one attached hydrogen (secondary N) is 2. The van der Waals surface area contributed by atoms with Crippen molar-refractivity contribution in [3.05, 3.63) is 120 Å². The van der Waals surface area contributed by atoms with Crippen LogP contribution in [0.1, 0.15) is 63.5 Å². The van der Waals surface area contributed by atoms with Gasteiger partial charge in [0.25, 0.3) is 0 Å². The van der Waals surface area contributed by atoms with Crippen LogP contribution in [0.3, 0.4) is 0 Å². The van der Waals surface area contributed by atoms with Crippen LogP contribution in [-0.4, -0.2) is 57.2 Å². The van der Waals surface area contributed by atoms with E-state index in [0.717, 1.165) is 32.7 Å². The molecule has 4 aromatic carbocycles. The molecule has 0 aliphatic rings. The van der Waals surface area contributed by atoms with E-state index in [4.69, 9.17) is 9.26 Å². The summed E-state index contributed by atoms with van der Waals surface area (Å²) in [6, 6.07) is 26.7. The minimum atomic E-state index is -0.941. The summed E-state index contributed by atoms with van der Waals surface area (Å²) in [5.41, 5.74) is 0.290. The second-order valence-corrected chi connectivity index (χ2v) is 14.2. The van der Waals surface area contributed by atoms with Crippen molar-refractivity contribution in [1.82, 2.24) is 25.7 Å². The lowest BCUT2D eigenvalue weighted by molar-refractivity contribution is -0.137. The van der Waals surface area contributed by atoms with Crippen molar-refractivity contribution < 1.29 is 23.6 Å². The van der Waals surface area contributed by atoms with E-state index in [-0.39, 0.29) is 12.3 Å². The Hall–Kier alpha value is -5.51. The van der Waals surface area contributed by atoms with Crippen molar-refractivity contribution in [1.29, 1.82) is 0 Å².